The van der Waals surface area contributed by atoms with Gasteiger partial charge in [-0.25, -0.2) is 9.78 Å². The van der Waals surface area contributed by atoms with E-state index in [1.807, 2.05) is 27.7 Å². The molecule has 1 aliphatic rings. The summed E-state index contributed by atoms with van der Waals surface area (Å²) in [7, 11) is 0. The van der Waals surface area contributed by atoms with Gasteiger partial charge in [-0.05, 0) is 39.8 Å². The Labute approximate surface area is 141 Å². The molecule has 1 aromatic rings. The highest BCUT2D eigenvalue weighted by Gasteiger charge is 2.32. The first-order valence-electron chi connectivity index (χ1n) is 7.58. The Morgan fingerprint density at radius 3 is 2.61 bits per heavy atom. The molecule has 2 rings (SSSR count). The summed E-state index contributed by atoms with van der Waals surface area (Å²) in [6, 6.07) is 3.09. The maximum atomic E-state index is 12.6. The minimum Gasteiger partial charge on any atom is -0.444 e. The van der Waals surface area contributed by atoms with Crippen molar-refractivity contribution in [1.82, 2.24) is 14.8 Å². The van der Waals surface area contributed by atoms with Crippen LogP contribution in [-0.4, -0.2) is 58.1 Å². The second kappa shape index (κ2) is 6.74. The van der Waals surface area contributed by atoms with Crippen molar-refractivity contribution >= 4 is 23.6 Å². The Kier molecular flexibility index (Phi) is 5.14. The van der Waals surface area contributed by atoms with Crippen molar-refractivity contribution in [2.45, 2.75) is 39.3 Å². The van der Waals surface area contributed by atoms with E-state index in [9.17, 15) is 9.59 Å². The van der Waals surface area contributed by atoms with E-state index in [-0.39, 0.29) is 23.2 Å². The van der Waals surface area contributed by atoms with Crippen LogP contribution in [-0.2, 0) is 4.74 Å². The zero-order valence-electron chi connectivity index (χ0n) is 13.9. The molecule has 0 N–H and O–H groups in total. The zero-order valence-corrected chi connectivity index (χ0v) is 14.6. The third-order valence-electron chi connectivity index (χ3n) is 3.51. The molecule has 2 amide bonds. The van der Waals surface area contributed by atoms with Crippen LogP contribution >= 0.6 is 11.6 Å². The van der Waals surface area contributed by atoms with Crippen LogP contribution in [0.2, 0.25) is 5.15 Å². The van der Waals surface area contributed by atoms with E-state index in [4.69, 9.17) is 16.3 Å². The van der Waals surface area contributed by atoms with Crippen LogP contribution in [0.15, 0.2) is 18.3 Å². The Morgan fingerprint density at radius 1 is 1.35 bits per heavy atom. The van der Waals surface area contributed by atoms with Crippen LogP contribution in [0, 0.1) is 0 Å². The van der Waals surface area contributed by atoms with Crippen molar-refractivity contribution in [3.8, 4) is 0 Å². The minimum absolute atomic E-state index is 0.101. The lowest BCUT2D eigenvalue weighted by molar-refractivity contribution is 0.00617. The molecular formula is C16H22ClN3O3. The fourth-order valence-corrected chi connectivity index (χ4v) is 2.63. The van der Waals surface area contributed by atoms with E-state index < -0.39 is 5.60 Å². The lowest BCUT2D eigenvalue weighted by atomic mass is 10.1. The minimum atomic E-state index is -0.527. The Balaban J connectivity index is 2.01. The van der Waals surface area contributed by atoms with Gasteiger partial charge in [0.05, 0.1) is 0 Å². The second-order valence-corrected chi connectivity index (χ2v) is 7.03. The van der Waals surface area contributed by atoms with Gasteiger partial charge in [0.1, 0.15) is 10.8 Å². The summed E-state index contributed by atoms with van der Waals surface area (Å²) in [6.45, 7) is 8.77. The number of hydrogen-bond acceptors (Lipinski definition) is 4. The van der Waals surface area contributed by atoms with Crippen LogP contribution in [0.3, 0.4) is 0 Å². The summed E-state index contributed by atoms with van der Waals surface area (Å²) in [5.41, 5.74) is -0.0243. The number of ether oxygens (including phenoxy) is 1. The first-order valence-corrected chi connectivity index (χ1v) is 7.95. The summed E-state index contributed by atoms with van der Waals surface area (Å²) < 4.78 is 5.38. The Morgan fingerprint density at radius 2 is 2.04 bits per heavy atom. The largest absolute Gasteiger partial charge is 0.444 e. The first kappa shape index (κ1) is 17.5. The summed E-state index contributed by atoms with van der Waals surface area (Å²) in [5, 5.41) is 0.288. The monoisotopic (exact) mass is 339 g/mol. The number of carbonyl (C=O) groups excluding carboxylic acids is 2. The molecule has 23 heavy (non-hydrogen) atoms. The number of halogens is 1. The molecule has 0 aliphatic carbocycles. The van der Waals surface area contributed by atoms with Gasteiger partial charge in [0.15, 0.2) is 0 Å². The van der Waals surface area contributed by atoms with Crippen LogP contribution in [0.1, 0.15) is 38.1 Å². The van der Waals surface area contributed by atoms with Crippen molar-refractivity contribution in [2.75, 3.05) is 19.6 Å². The molecule has 126 valence electrons. The molecule has 0 radical (unpaired) electrons. The van der Waals surface area contributed by atoms with Gasteiger partial charge in [-0.1, -0.05) is 11.6 Å². The Bertz CT molecular complexity index is 600. The number of carbonyl (C=O) groups is 2. The SMILES string of the molecule is C[C@H]1CN(C(=O)OC(C)(C)C)CCN1C(=O)c1ccnc(Cl)c1. The quantitative estimate of drug-likeness (QED) is 0.738. The highest BCUT2D eigenvalue weighted by atomic mass is 35.5. The number of nitrogens with zero attached hydrogens (tertiary/aromatic N) is 3. The molecular weight excluding hydrogens is 318 g/mol. The van der Waals surface area contributed by atoms with E-state index in [0.717, 1.165) is 0 Å². The molecule has 2 heterocycles. The molecule has 1 atom stereocenters. The molecule has 6 nitrogen and oxygen atoms in total. The van der Waals surface area contributed by atoms with Gasteiger partial charge in [0.2, 0.25) is 0 Å². The lowest BCUT2D eigenvalue weighted by Crippen LogP contribution is -2.56. The van der Waals surface area contributed by atoms with E-state index in [2.05, 4.69) is 4.98 Å². The van der Waals surface area contributed by atoms with Crippen LogP contribution in [0.5, 0.6) is 0 Å². The van der Waals surface area contributed by atoms with Gasteiger partial charge >= 0.3 is 6.09 Å². The fraction of sp³-hybridized carbons (Fsp3) is 0.562. The van der Waals surface area contributed by atoms with Gasteiger partial charge < -0.3 is 14.5 Å². The van der Waals surface area contributed by atoms with E-state index in [1.165, 1.54) is 6.20 Å². The Hall–Kier alpha value is -1.82. The first-order chi connectivity index (χ1) is 10.7. The summed E-state index contributed by atoms with van der Waals surface area (Å²) in [6.07, 6.45) is 1.17. The molecule has 0 bridgehead atoms. The number of piperazine rings is 1. The third-order valence-corrected chi connectivity index (χ3v) is 3.72. The summed E-state index contributed by atoms with van der Waals surface area (Å²) in [4.78, 5) is 32.0. The van der Waals surface area contributed by atoms with Crippen molar-refractivity contribution < 1.29 is 14.3 Å². The highest BCUT2D eigenvalue weighted by molar-refractivity contribution is 6.29. The maximum absolute atomic E-state index is 12.6. The molecule has 0 spiro atoms. The average molecular weight is 340 g/mol. The van der Waals surface area contributed by atoms with Crippen molar-refractivity contribution in [2.24, 2.45) is 0 Å². The molecule has 0 aromatic carbocycles. The predicted molar refractivity (Wildman–Crippen MR) is 87.6 cm³/mol. The van der Waals surface area contributed by atoms with Crippen LogP contribution in [0.4, 0.5) is 4.79 Å². The predicted octanol–water partition coefficient (Wildman–Crippen LogP) is 2.82. The van der Waals surface area contributed by atoms with Gasteiger partial charge in [0.25, 0.3) is 5.91 Å². The molecule has 0 unspecified atom stereocenters. The van der Waals surface area contributed by atoms with E-state index in [0.29, 0.717) is 25.2 Å². The lowest BCUT2D eigenvalue weighted by Gasteiger charge is -2.40. The number of amides is 2. The van der Waals surface area contributed by atoms with Gasteiger partial charge in [0, 0.05) is 37.4 Å². The normalized spacial score (nSPS) is 18.7. The number of pyridine rings is 1. The fourth-order valence-electron chi connectivity index (χ4n) is 2.45. The van der Waals surface area contributed by atoms with Gasteiger partial charge in [-0.15, -0.1) is 0 Å². The van der Waals surface area contributed by atoms with Gasteiger partial charge in [-0.2, -0.15) is 0 Å². The van der Waals surface area contributed by atoms with Crippen LogP contribution < -0.4 is 0 Å². The number of hydrogen-bond donors (Lipinski definition) is 0. The summed E-state index contributed by atoms with van der Waals surface area (Å²) in [5.74, 6) is -0.106. The smallest absolute Gasteiger partial charge is 0.410 e. The molecule has 1 saturated heterocycles. The molecule has 0 saturated carbocycles. The van der Waals surface area contributed by atoms with E-state index >= 15 is 0 Å². The van der Waals surface area contributed by atoms with Crippen molar-refractivity contribution in [3.63, 3.8) is 0 Å². The van der Waals surface area contributed by atoms with Crippen molar-refractivity contribution in [3.05, 3.63) is 29.0 Å². The molecule has 1 aliphatic heterocycles. The third kappa shape index (κ3) is 4.58. The van der Waals surface area contributed by atoms with Crippen LogP contribution in [0.25, 0.3) is 0 Å². The van der Waals surface area contributed by atoms with Gasteiger partial charge in [-0.3, -0.25) is 4.79 Å². The van der Waals surface area contributed by atoms with Crippen molar-refractivity contribution in [1.29, 1.82) is 0 Å². The highest BCUT2D eigenvalue weighted by Crippen LogP contribution is 2.18. The van der Waals surface area contributed by atoms with E-state index in [1.54, 1.807) is 21.9 Å². The summed E-state index contributed by atoms with van der Waals surface area (Å²) >= 11 is 5.84. The molecule has 7 heteroatoms. The second-order valence-electron chi connectivity index (χ2n) is 6.64. The maximum Gasteiger partial charge on any atom is 0.410 e. The average Bonchev–Trinajstić information content (AvgIpc) is 2.44. The number of rotatable bonds is 1. The zero-order chi connectivity index (χ0) is 17.2. The number of aromatic nitrogens is 1. The molecule has 1 aromatic heterocycles. The standard InChI is InChI=1S/C16H22ClN3O3/c1-11-10-19(15(22)23-16(2,3)4)7-8-20(11)14(21)12-5-6-18-13(17)9-12/h5-6,9,11H,7-8,10H2,1-4H3/t11-/m0/s1. The molecule has 1 fully saturated rings. The topological polar surface area (TPSA) is 62.7 Å².